The largest absolute Gasteiger partial charge is 0.513 e. The Labute approximate surface area is 220 Å². The first-order chi connectivity index (χ1) is 17.4. The topological polar surface area (TPSA) is 85.6 Å². The molecule has 0 amide bonds. The molecule has 0 radical (unpaired) electrons. The molecule has 0 heterocycles. The molecule has 4 N–H and O–H groups in total. The van der Waals surface area contributed by atoms with Crippen LogP contribution in [0.4, 0.5) is 64.1 Å². The lowest BCUT2D eigenvalue weighted by atomic mass is 10.1. The number of alkyl halides is 12. The molecule has 39 heavy (non-hydrogen) atoms. The van der Waals surface area contributed by atoms with Gasteiger partial charge in [-0.3, -0.25) is 0 Å². The fourth-order valence-electron chi connectivity index (χ4n) is 2.59. The molecule has 0 saturated carbocycles. The highest BCUT2D eigenvalue weighted by Crippen LogP contribution is 2.42. The lowest BCUT2D eigenvalue weighted by Gasteiger charge is -2.19. The zero-order chi connectivity index (χ0) is 30.2. The SMILES string of the molecule is NP(=O)(OC(=S)Nc1cc(C(F)(F)F)cc(C(F)(F)F)c1)OC(=S)Nc1cc(C(F)(F)F)cc(C(F)(F)F)c1. The van der Waals surface area contributed by atoms with Crippen molar-refractivity contribution in [2.45, 2.75) is 24.7 Å². The second-order valence-corrected chi connectivity index (χ2v) is 9.32. The smallest absolute Gasteiger partial charge is 0.377 e. The number of anilines is 2. The van der Waals surface area contributed by atoms with Crippen LogP contribution in [0.25, 0.3) is 0 Å². The molecule has 0 aliphatic heterocycles. The highest BCUT2D eigenvalue weighted by Gasteiger charge is 2.38. The van der Waals surface area contributed by atoms with Crippen LogP contribution >= 0.6 is 32.2 Å². The molecular formula is C18H10F12N3O3PS2. The minimum Gasteiger partial charge on any atom is -0.377 e. The number of nitrogens with two attached hydrogens (primary N) is 1. The number of halogens is 12. The third-order valence-electron chi connectivity index (χ3n) is 4.09. The average Bonchev–Trinajstić information content (AvgIpc) is 2.69. The Morgan fingerprint density at radius 2 is 0.821 bits per heavy atom. The highest BCUT2D eigenvalue weighted by atomic mass is 32.1. The second kappa shape index (κ2) is 11.0. The third kappa shape index (κ3) is 9.70. The maximum Gasteiger partial charge on any atom is 0.513 e. The van der Waals surface area contributed by atoms with E-state index in [1.54, 1.807) is 10.6 Å². The van der Waals surface area contributed by atoms with E-state index in [0.717, 1.165) is 0 Å². The van der Waals surface area contributed by atoms with E-state index in [9.17, 15) is 57.3 Å². The summed E-state index contributed by atoms with van der Waals surface area (Å²) in [6.45, 7) is 0. The van der Waals surface area contributed by atoms with Crippen LogP contribution in [0.5, 0.6) is 0 Å². The number of hydrogen-bond acceptors (Lipinski definition) is 5. The summed E-state index contributed by atoms with van der Waals surface area (Å²) in [6, 6.07) is 0.343. The van der Waals surface area contributed by atoms with Crippen LogP contribution in [0.3, 0.4) is 0 Å². The van der Waals surface area contributed by atoms with E-state index in [4.69, 9.17) is 5.50 Å². The first-order valence-corrected chi connectivity index (χ1v) is 11.8. The predicted octanol–water partition coefficient (Wildman–Crippen LogP) is 7.96. The summed E-state index contributed by atoms with van der Waals surface area (Å²) in [5.41, 5.74) is -3.72. The van der Waals surface area contributed by atoms with Gasteiger partial charge in [-0.05, 0) is 60.8 Å². The Morgan fingerprint density at radius 1 is 0.590 bits per heavy atom. The Hall–Kier alpha value is -2.83. The minimum absolute atomic E-state index is 0.186. The molecule has 0 unspecified atom stereocenters. The van der Waals surface area contributed by atoms with E-state index in [-0.39, 0.29) is 36.4 Å². The molecule has 0 aliphatic rings. The van der Waals surface area contributed by atoms with Crippen molar-refractivity contribution in [3.63, 3.8) is 0 Å². The molecule has 2 rings (SSSR count). The van der Waals surface area contributed by atoms with Crippen LogP contribution in [-0.4, -0.2) is 10.3 Å². The van der Waals surface area contributed by atoms with E-state index >= 15 is 0 Å². The first-order valence-electron chi connectivity index (χ1n) is 9.35. The van der Waals surface area contributed by atoms with E-state index in [1.807, 2.05) is 0 Å². The molecule has 0 atom stereocenters. The minimum atomic E-state index is -5.22. The van der Waals surface area contributed by atoms with Crippen molar-refractivity contribution in [2.24, 2.45) is 5.50 Å². The van der Waals surface area contributed by atoms with Crippen LogP contribution < -0.4 is 16.1 Å². The van der Waals surface area contributed by atoms with Gasteiger partial charge in [-0.15, -0.1) is 0 Å². The van der Waals surface area contributed by atoms with Gasteiger partial charge >= 0.3 is 32.5 Å². The Morgan fingerprint density at radius 3 is 1.03 bits per heavy atom. The average molecular weight is 639 g/mol. The van der Waals surface area contributed by atoms with Crippen molar-refractivity contribution in [3.05, 3.63) is 58.7 Å². The molecule has 0 fully saturated rings. The maximum absolute atomic E-state index is 13.0. The van der Waals surface area contributed by atoms with Gasteiger partial charge in [-0.25, -0.2) is 10.1 Å². The van der Waals surface area contributed by atoms with Gasteiger partial charge < -0.3 is 19.7 Å². The van der Waals surface area contributed by atoms with Gasteiger partial charge in [-0.2, -0.15) is 52.7 Å². The van der Waals surface area contributed by atoms with Gasteiger partial charge in [0, 0.05) is 11.4 Å². The maximum atomic E-state index is 13.0. The summed E-state index contributed by atoms with van der Waals surface area (Å²) < 4.78 is 177. The fraction of sp³-hybridized carbons (Fsp3) is 0.222. The first kappa shape index (κ1) is 32.4. The summed E-state index contributed by atoms with van der Waals surface area (Å²) >= 11 is 9.03. The summed E-state index contributed by atoms with van der Waals surface area (Å²) in [7, 11) is -5.05. The van der Waals surface area contributed by atoms with Crippen molar-refractivity contribution in [1.82, 2.24) is 0 Å². The number of rotatable bonds is 4. The zero-order valence-corrected chi connectivity index (χ0v) is 20.6. The molecule has 216 valence electrons. The van der Waals surface area contributed by atoms with Crippen LogP contribution in [-0.2, 0) is 38.3 Å². The molecule has 2 aromatic rings. The highest BCUT2D eigenvalue weighted by molar-refractivity contribution is 7.81. The molecule has 0 saturated heterocycles. The van der Waals surface area contributed by atoms with Crippen LogP contribution in [0.1, 0.15) is 22.3 Å². The van der Waals surface area contributed by atoms with Crippen molar-refractivity contribution in [1.29, 1.82) is 0 Å². The Balaban J connectivity index is 2.19. The number of benzene rings is 2. The molecule has 0 spiro atoms. The normalized spacial score (nSPS) is 13.1. The van der Waals surface area contributed by atoms with E-state index < -0.39 is 76.4 Å². The van der Waals surface area contributed by atoms with E-state index in [2.05, 4.69) is 33.5 Å². The second-order valence-electron chi connectivity index (χ2n) is 7.14. The van der Waals surface area contributed by atoms with Crippen molar-refractivity contribution in [3.8, 4) is 0 Å². The summed E-state index contributed by atoms with van der Waals surface area (Å²) in [4.78, 5) is 0. The molecule has 0 aromatic heterocycles. The standard InChI is InChI=1S/C18H10F12N3O3PS2/c19-15(20,21)7-1-8(16(22,23)24)4-11(3-7)32-13(38)35-37(31,34)36-14(39)33-12-5-9(17(25,26)27)2-10(6-12)18(28,29)30/h1-6H,(H2,31,34)(H,32,38)(H,33,39). The van der Waals surface area contributed by atoms with Crippen molar-refractivity contribution < 1.29 is 66.3 Å². The van der Waals surface area contributed by atoms with Crippen LogP contribution in [0, 0.1) is 0 Å². The quantitative estimate of drug-likeness (QED) is 0.177. The Bertz CT molecular complexity index is 1150. The summed E-state index contributed by atoms with van der Waals surface area (Å²) in [5.74, 6) is 0. The number of nitrogens with one attached hydrogen (secondary N) is 2. The fourth-order valence-corrected chi connectivity index (χ4v) is 4.04. The van der Waals surface area contributed by atoms with Crippen LogP contribution in [0.2, 0.25) is 0 Å². The number of hydrogen-bond donors (Lipinski definition) is 3. The monoisotopic (exact) mass is 639 g/mol. The summed E-state index contributed by atoms with van der Waals surface area (Å²) in [5, 5.41) is 1.12. The molecule has 6 nitrogen and oxygen atoms in total. The molecular weight excluding hydrogens is 629 g/mol. The molecule has 21 heteroatoms. The molecule has 2 aromatic carbocycles. The van der Waals surface area contributed by atoms with Gasteiger partial charge in [0.2, 0.25) is 0 Å². The molecule has 0 bridgehead atoms. The Kier molecular flexibility index (Phi) is 9.11. The van der Waals surface area contributed by atoms with E-state index in [0.29, 0.717) is 0 Å². The summed E-state index contributed by atoms with van der Waals surface area (Å²) in [6.07, 6.45) is -20.9. The predicted molar refractivity (Wildman–Crippen MR) is 119 cm³/mol. The zero-order valence-electron chi connectivity index (χ0n) is 18.1. The van der Waals surface area contributed by atoms with Gasteiger partial charge in [0.15, 0.2) is 0 Å². The third-order valence-corrected chi connectivity index (χ3v) is 5.58. The van der Waals surface area contributed by atoms with Crippen molar-refractivity contribution >= 4 is 53.9 Å². The lowest BCUT2D eigenvalue weighted by Crippen LogP contribution is -2.21. The van der Waals surface area contributed by atoms with Crippen LogP contribution in [0.15, 0.2) is 36.4 Å². The lowest BCUT2D eigenvalue weighted by molar-refractivity contribution is -0.144. The van der Waals surface area contributed by atoms with Gasteiger partial charge in [0.25, 0.3) is 10.3 Å². The van der Waals surface area contributed by atoms with Crippen molar-refractivity contribution in [2.75, 3.05) is 10.6 Å². The van der Waals surface area contributed by atoms with E-state index in [1.165, 1.54) is 0 Å². The number of thiocarbonyl (C=S) groups is 2. The van der Waals surface area contributed by atoms with Gasteiger partial charge in [0.1, 0.15) is 0 Å². The van der Waals surface area contributed by atoms with Gasteiger partial charge in [0.05, 0.1) is 22.3 Å². The van der Waals surface area contributed by atoms with Gasteiger partial charge in [-0.1, -0.05) is 0 Å². The molecule has 0 aliphatic carbocycles.